The first-order chi connectivity index (χ1) is 6.73. The largest absolute Gasteiger partial charge is 0.618 e. The lowest BCUT2D eigenvalue weighted by atomic mass is 10.2. The summed E-state index contributed by atoms with van der Waals surface area (Å²) < 4.78 is 36.3. The lowest BCUT2D eigenvalue weighted by Crippen LogP contribution is -2.37. The van der Waals surface area contributed by atoms with E-state index < -0.39 is 22.8 Å². The highest BCUT2D eigenvalue weighted by atomic mass is 19.4. The molecule has 0 bridgehead atoms. The predicted molar refractivity (Wildman–Crippen MR) is 41.2 cm³/mol. The van der Waals surface area contributed by atoms with Gasteiger partial charge in [0.05, 0.1) is 0 Å². The van der Waals surface area contributed by atoms with Crippen LogP contribution in [0.4, 0.5) is 18.9 Å². The van der Waals surface area contributed by atoms with Gasteiger partial charge in [-0.1, -0.05) is 0 Å². The molecule has 1 aromatic rings. The van der Waals surface area contributed by atoms with Gasteiger partial charge in [0.2, 0.25) is 0 Å². The molecule has 0 aliphatic heterocycles. The van der Waals surface area contributed by atoms with Crippen molar-refractivity contribution < 1.29 is 28.3 Å². The molecule has 1 rings (SSSR count). The van der Waals surface area contributed by atoms with Gasteiger partial charge in [0, 0.05) is 11.6 Å². The van der Waals surface area contributed by atoms with Gasteiger partial charge in [-0.2, -0.15) is 17.9 Å². The summed E-state index contributed by atoms with van der Waals surface area (Å²) in [6.45, 7) is 1.27. The number of pyridine rings is 1. The summed E-state index contributed by atoms with van der Waals surface area (Å²) in [6.07, 6.45) is -4.24. The number of alkyl halides is 3. The standard InChI is InChI=1S/C7H7F3N2O3/c1-4-3-11(13)6(7(8,9)10)2-5(4)12(14)15/h2-3,14-15H,1H3. The summed E-state index contributed by atoms with van der Waals surface area (Å²) in [7, 11) is 0. The molecule has 0 fully saturated rings. The zero-order valence-corrected chi connectivity index (χ0v) is 7.49. The maximum atomic E-state index is 12.2. The SMILES string of the molecule is Cc1c[n+]([O-])c(C(F)(F)F)cc1N(O)O. The quantitative estimate of drug-likeness (QED) is 0.427. The summed E-state index contributed by atoms with van der Waals surface area (Å²) in [6, 6.07) is 0.350. The second-order valence-corrected chi connectivity index (χ2v) is 2.84. The first kappa shape index (κ1) is 11.5. The van der Waals surface area contributed by atoms with Gasteiger partial charge in [-0.15, -0.1) is 5.23 Å². The number of anilines is 1. The molecule has 0 aromatic carbocycles. The van der Waals surface area contributed by atoms with E-state index in [1.54, 1.807) is 0 Å². The lowest BCUT2D eigenvalue weighted by Gasteiger charge is -2.13. The Labute approximate surface area is 82.1 Å². The highest BCUT2D eigenvalue weighted by molar-refractivity contribution is 5.47. The second kappa shape index (κ2) is 3.55. The van der Waals surface area contributed by atoms with Crippen molar-refractivity contribution in [1.29, 1.82) is 0 Å². The van der Waals surface area contributed by atoms with Crippen molar-refractivity contribution >= 4 is 5.69 Å². The molecule has 0 aliphatic rings. The predicted octanol–water partition coefficient (Wildman–Crippen LogP) is 1.23. The Hall–Kier alpha value is -1.54. The smallest absolute Gasteiger partial charge is 0.478 e. The number of rotatable bonds is 1. The molecule has 0 radical (unpaired) electrons. The molecule has 1 aromatic heterocycles. The van der Waals surface area contributed by atoms with E-state index >= 15 is 0 Å². The number of halogens is 3. The summed E-state index contributed by atoms with van der Waals surface area (Å²) >= 11 is 0. The van der Waals surface area contributed by atoms with Crippen molar-refractivity contribution in [2.45, 2.75) is 13.1 Å². The van der Waals surface area contributed by atoms with Gasteiger partial charge in [-0.25, -0.2) is 0 Å². The van der Waals surface area contributed by atoms with E-state index in [0.717, 1.165) is 0 Å². The Morgan fingerprint density at radius 3 is 2.33 bits per heavy atom. The zero-order valence-electron chi connectivity index (χ0n) is 7.49. The van der Waals surface area contributed by atoms with Crippen molar-refractivity contribution in [2.75, 3.05) is 5.23 Å². The molecule has 8 heteroatoms. The first-order valence-corrected chi connectivity index (χ1v) is 3.72. The monoisotopic (exact) mass is 224 g/mol. The van der Waals surface area contributed by atoms with Crippen molar-refractivity contribution in [1.82, 2.24) is 0 Å². The third-order valence-corrected chi connectivity index (χ3v) is 1.73. The molecule has 0 unspecified atom stereocenters. The Balaban J connectivity index is 3.37. The Morgan fingerprint density at radius 1 is 1.40 bits per heavy atom. The lowest BCUT2D eigenvalue weighted by molar-refractivity contribution is -0.629. The molecule has 84 valence electrons. The molecule has 0 atom stereocenters. The van der Waals surface area contributed by atoms with E-state index in [1.165, 1.54) is 6.92 Å². The number of hydrogen-bond donors (Lipinski definition) is 2. The summed E-state index contributed by atoms with van der Waals surface area (Å²) in [5.41, 5.74) is -2.02. The average Bonchev–Trinajstić information content (AvgIpc) is 2.00. The Morgan fingerprint density at radius 2 is 1.93 bits per heavy atom. The average molecular weight is 224 g/mol. The number of hydrogen-bond acceptors (Lipinski definition) is 4. The van der Waals surface area contributed by atoms with Crippen LogP contribution in [-0.2, 0) is 6.18 Å². The van der Waals surface area contributed by atoms with E-state index in [1.807, 2.05) is 0 Å². The summed E-state index contributed by atoms with van der Waals surface area (Å²) in [4.78, 5) is 0. The van der Waals surface area contributed by atoms with E-state index in [0.29, 0.717) is 12.3 Å². The minimum Gasteiger partial charge on any atom is -0.618 e. The molecule has 1 heterocycles. The van der Waals surface area contributed by atoms with Crippen LogP contribution in [0.15, 0.2) is 12.3 Å². The van der Waals surface area contributed by atoms with E-state index in [4.69, 9.17) is 10.4 Å². The minimum atomic E-state index is -4.85. The Bertz CT molecular complexity index is 378. The molecule has 15 heavy (non-hydrogen) atoms. The maximum Gasteiger partial charge on any atom is 0.478 e. The van der Waals surface area contributed by atoms with Gasteiger partial charge in [0.15, 0.2) is 6.20 Å². The molecule has 0 saturated carbocycles. The van der Waals surface area contributed by atoms with Gasteiger partial charge >= 0.3 is 11.9 Å². The fourth-order valence-corrected chi connectivity index (χ4v) is 1.04. The van der Waals surface area contributed by atoms with Crippen LogP contribution in [0, 0.1) is 12.1 Å². The maximum absolute atomic E-state index is 12.2. The van der Waals surface area contributed by atoms with Gasteiger partial charge in [0.25, 0.3) is 0 Å². The minimum absolute atomic E-state index is 0.00278. The molecular weight excluding hydrogens is 217 g/mol. The topological polar surface area (TPSA) is 70.6 Å². The second-order valence-electron chi connectivity index (χ2n) is 2.84. The fraction of sp³-hybridized carbons (Fsp3) is 0.286. The first-order valence-electron chi connectivity index (χ1n) is 3.72. The molecule has 5 nitrogen and oxygen atoms in total. The molecular formula is C7H7F3N2O3. The van der Waals surface area contributed by atoms with Crippen LogP contribution in [0.1, 0.15) is 11.3 Å². The van der Waals surface area contributed by atoms with Gasteiger partial charge in [-0.05, 0) is 6.92 Å². The van der Waals surface area contributed by atoms with Gasteiger partial charge in [-0.3, -0.25) is 10.4 Å². The highest BCUT2D eigenvalue weighted by Crippen LogP contribution is 2.29. The van der Waals surface area contributed by atoms with Gasteiger partial charge in [0.1, 0.15) is 5.69 Å². The molecule has 0 amide bonds. The van der Waals surface area contributed by atoms with Gasteiger partial charge < -0.3 is 5.21 Å². The van der Waals surface area contributed by atoms with Crippen LogP contribution in [0.5, 0.6) is 0 Å². The highest BCUT2D eigenvalue weighted by Gasteiger charge is 2.40. The zero-order chi connectivity index (χ0) is 11.8. The third kappa shape index (κ3) is 2.28. The van der Waals surface area contributed by atoms with E-state index in [-0.39, 0.29) is 10.3 Å². The van der Waals surface area contributed by atoms with Crippen LogP contribution >= 0.6 is 0 Å². The van der Waals surface area contributed by atoms with Crippen LogP contribution in [-0.4, -0.2) is 10.4 Å². The van der Waals surface area contributed by atoms with Crippen LogP contribution in [0.25, 0.3) is 0 Å². The van der Waals surface area contributed by atoms with Crippen LogP contribution in [0.3, 0.4) is 0 Å². The summed E-state index contributed by atoms with van der Waals surface area (Å²) in [5.74, 6) is 0. The van der Waals surface area contributed by atoms with E-state index in [2.05, 4.69) is 0 Å². The van der Waals surface area contributed by atoms with Crippen molar-refractivity contribution in [3.8, 4) is 0 Å². The van der Waals surface area contributed by atoms with Crippen molar-refractivity contribution in [2.24, 2.45) is 0 Å². The number of aromatic nitrogens is 1. The Kier molecular flexibility index (Phi) is 2.73. The fourth-order valence-electron chi connectivity index (χ4n) is 1.04. The van der Waals surface area contributed by atoms with E-state index in [9.17, 15) is 18.4 Å². The van der Waals surface area contributed by atoms with Crippen molar-refractivity contribution in [3.05, 3.63) is 28.7 Å². The number of nitrogens with zero attached hydrogens (tertiary/aromatic N) is 2. The molecule has 0 spiro atoms. The van der Waals surface area contributed by atoms with Crippen LogP contribution < -0.4 is 9.96 Å². The molecule has 0 aliphatic carbocycles. The number of aryl methyl sites for hydroxylation is 1. The molecule has 0 saturated heterocycles. The van der Waals surface area contributed by atoms with Crippen molar-refractivity contribution in [3.63, 3.8) is 0 Å². The van der Waals surface area contributed by atoms with Crippen LogP contribution in [0.2, 0.25) is 0 Å². The normalized spacial score (nSPS) is 11.6. The summed E-state index contributed by atoms with van der Waals surface area (Å²) in [5, 5.41) is 27.6. The third-order valence-electron chi connectivity index (χ3n) is 1.73. The molecule has 2 N–H and O–H groups in total.